The number of likely N-dealkylation sites (N-methyl/N-ethyl adjacent to an activating group) is 1. The lowest BCUT2D eigenvalue weighted by Crippen LogP contribution is -2.56. The third-order valence-electron chi connectivity index (χ3n) is 7.59. The number of nitrogens with zero attached hydrogens (tertiary/aromatic N) is 8. The number of hydrogen-bond donors (Lipinski definition) is 2. The Morgan fingerprint density at radius 2 is 1.93 bits per heavy atom. The molecule has 212 valence electrons. The molecule has 11 nitrogen and oxygen atoms in total. The SMILES string of the molecule is CCc1nc2sc(N3CC[C@H](N(C)CC(=O)N4CC(O)C4)C3)nn2c1N(C)c1nc(-c2ccc(F)cc2)c(N)s1. The van der Waals surface area contributed by atoms with Crippen LogP contribution >= 0.6 is 22.7 Å². The summed E-state index contributed by atoms with van der Waals surface area (Å²) in [6.45, 7) is 4.89. The number of aromatic nitrogens is 4. The fraction of sp³-hybridized carbons (Fsp3) is 0.462. The Kier molecular flexibility index (Phi) is 7.10. The van der Waals surface area contributed by atoms with E-state index in [-0.39, 0.29) is 23.9 Å². The van der Waals surface area contributed by atoms with Crippen LogP contribution in [0.1, 0.15) is 19.0 Å². The number of thiazole rings is 1. The lowest BCUT2D eigenvalue weighted by molar-refractivity contribution is -0.142. The number of halogens is 1. The summed E-state index contributed by atoms with van der Waals surface area (Å²) >= 11 is 2.92. The van der Waals surface area contributed by atoms with E-state index < -0.39 is 0 Å². The van der Waals surface area contributed by atoms with E-state index in [1.54, 1.807) is 28.4 Å². The summed E-state index contributed by atoms with van der Waals surface area (Å²) in [5.74, 6) is 0.596. The van der Waals surface area contributed by atoms with Crippen LogP contribution in [0.4, 0.5) is 25.5 Å². The van der Waals surface area contributed by atoms with Gasteiger partial charge in [0.05, 0.1) is 18.3 Å². The van der Waals surface area contributed by atoms with Crippen molar-refractivity contribution in [2.45, 2.75) is 31.9 Å². The Hall–Kier alpha value is -3.33. The fourth-order valence-electron chi connectivity index (χ4n) is 5.22. The number of aryl methyl sites for hydroxylation is 1. The molecule has 40 heavy (non-hydrogen) atoms. The second-order valence-corrected chi connectivity index (χ2v) is 12.3. The number of rotatable bonds is 8. The maximum absolute atomic E-state index is 13.4. The van der Waals surface area contributed by atoms with Gasteiger partial charge in [-0.05, 0) is 44.2 Å². The molecule has 0 unspecified atom stereocenters. The maximum atomic E-state index is 13.4. The number of carbonyl (C=O) groups excluding carboxylic acids is 1. The number of amides is 1. The number of likely N-dealkylation sites (tertiary alicyclic amines) is 1. The van der Waals surface area contributed by atoms with Gasteiger partial charge in [0.2, 0.25) is 16.0 Å². The highest BCUT2D eigenvalue weighted by Crippen LogP contribution is 2.40. The molecule has 3 N–H and O–H groups in total. The van der Waals surface area contributed by atoms with Crippen molar-refractivity contribution in [3.05, 3.63) is 35.8 Å². The number of β-amino-alcohol motifs (C(OH)–C–C–N with tert-alkyl or cyclic N) is 1. The van der Waals surface area contributed by atoms with E-state index in [1.807, 2.05) is 23.5 Å². The Labute approximate surface area is 239 Å². The third kappa shape index (κ3) is 4.89. The third-order valence-corrected chi connectivity index (χ3v) is 9.53. The van der Waals surface area contributed by atoms with Gasteiger partial charge in [0.25, 0.3) is 0 Å². The number of aliphatic hydroxyl groups excluding tert-OH is 1. The van der Waals surface area contributed by atoms with Crippen molar-refractivity contribution in [3.8, 4) is 11.3 Å². The van der Waals surface area contributed by atoms with Crippen LogP contribution in [-0.2, 0) is 11.2 Å². The van der Waals surface area contributed by atoms with Crippen molar-refractivity contribution in [3.63, 3.8) is 0 Å². The number of aliphatic hydroxyl groups is 1. The Balaban J connectivity index is 1.20. The fourth-order valence-corrected chi connectivity index (χ4v) is 6.98. The lowest BCUT2D eigenvalue weighted by Gasteiger charge is -2.37. The molecule has 2 aliphatic rings. The zero-order chi connectivity index (χ0) is 28.1. The first kappa shape index (κ1) is 26.9. The monoisotopic (exact) mass is 585 g/mol. The summed E-state index contributed by atoms with van der Waals surface area (Å²) in [7, 11) is 3.92. The molecule has 2 aliphatic heterocycles. The van der Waals surface area contributed by atoms with Crippen LogP contribution in [-0.4, -0.2) is 99.4 Å². The van der Waals surface area contributed by atoms with Crippen LogP contribution in [0.5, 0.6) is 0 Å². The predicted octanol–water partition coefficient (Wildman–Crippen LogP) is 2.68. The van der Waals surface area contributed by atoms with E-state index in [0.717, 1.165) is 53.1 Å². The van der Waals surface area contributed by atoms with E-state index in [2.05, 4.69) is 16.7 Å². The van der Waals surface area contributed by atoms with Crippen LogP contribution in [0.3, 0.4) is 0 Å². The van der Waals surface area contributed by atoms with E-state index in [9.17, 15) is 14.3 Å². The average Bonchev–Trinajstić information content (AvgIpc) is 3.69. The first-order valence-corrected chi connectivity index (χ1v) is 14.9. The standard InChI is InChI=1S/C26H32FN9O2S2/c1-4-19-23(33(3)24-30-21(22(28)39-24)15-5-7-16(27)8-6-15)36-25(29-19)40-26(31-36)34-10-9-17(11-34)32(2)14-20(38)35-12-18(37)13-35/h5-8,17-18,37H,4,9-14,28H2,1-3H3/t17-/m0/s1. The molecule has 3 aromatic heterocycles. The van der Waals surface area contributed by atoms with Gasteiger partial charge >= 0.3 is 0 Å². The quantitative estimate of drug-likeness (QED) is 0.322. The largest absolute Gasteiger partial charge is 0.389 e. The van der Waals surface area contributed by atoms with Gasteiger partial charge in [-0.25, -0.2) is 14.4 Å². The van der Waals surface area contributed by atoms with Gasteiger partial charge in [-0.3, -0.25) is 9.69 Å². The second kappa shape index (κ2) is 10.6. The number of benzene rings is 1. The van der Waals surface area contributed by atoms with Gasteiger partial charge < -0.3 is 25.5 Å². The van der Waals surface area contributed by atoms with Gasteiger partial charge in [0, 0.05) is 44.8 Å². The highest BCUT2D eigenvalue weighted by atomic mass is 32.1. The number of nitrogen functional groups attached to an aromatic ring is 1. The summed E-state index contributed by atoms with van der Waals surface area (Å²) in [5.41, 5.74) is 8.63. The summed E-state index contributed by atoms with van der Waals surface area (Å²) in [4.78, 5) is 31.0. The minimum Gasteiger partial charge on any atom is -0.389 e. The maximum Gasteiger partial charge on any atom is 0.236 e. The van der Waals surface area contributed by atoms with Gasteiger partial charge in [0.15, 0.2) is 10.9 Å². The molecule has 2 fully saturated rings. The Morgan fingerprint density at radius 1 is 1.18 bits per heavy atom. The minimum absolute atomic E-state index is 0.0594. The molecule has 4 aromatic rings. The minimum atomic E-state index is -0.387. The number of imidazole rings is 1. The van der Waals surface area contributed by atoms with Crippen molar-refractivity contribution in [1.29, 1.82) is 0 Å². The molecule has 0 radical (unpaired) electrons. The molecule has 14 heteroatoms. The summed E-state index contributed by atoms with van der Waals surface area (Å²) in [6, 6.07) is 6.40. The molecule has 1 atom stereocenters. The van der Waals surface area contributed by atoms with Crippen molar-refractivity contribution in [2.24, 2.45) is 0 Å². The summed E-state index contributed by atoms with van der Waals surface area (Å²) in [6.07, 6.45) is 1.28. The van der Waals surface area contributed by atoms with Crippen LogP contribution < -0.4 is 15.5 Å². The zero-order valence-corrected chi connectivity index (χ0v) is 24.3. The van der Waals surface area contributed by atoms with Crippen LogP contribution in [0, 0.1) is 5.82 Å². The molecular formula is C26H32FN9O2S2. The molecule has 0 spiro atoms. The van der Waals surface area contributed by atoms with E-state index in [4.69, 9.17) is 20.8 Å². The molecule has 0 bridgehead atoms. The summed E-state index contributed by atoms with van der Waals surface area (Å²) < 4.78 is 15.3. The van der Waals surface area contributed by atoms with Crippen LogP contribution in [0.25, 0.3) is 16.2 Å². The van der Waals surface area contributed by atoms with E-state index in [1.165, 1.54) is 23.5 Å². The molecule has 5 heterocycles. The van der Waals surface area contributed by atoms with Crippen LogP contribution in [0.15, 0.2) is 24.3 Å². The predicted molar refractivity (Wildman–Crippen MR) is 156 cm³/mol. The van der Waals surface area contributed by atoms with Gasteiger partial charge in [-0.1, -0.05) is 29.6 Å². The first-order chi connectivity index (χ1) is 19.2. The van der Waals surface area contributed by atoms with E-state index in [0.29, 0.717) is 35.5 Å². The molecule has 1 aromatic carbocycles. The highest BCUT2D eigenvalue weighted by Gasteiger charge is 2.33. The van der Waals surface area contributed by atoms with Crippen LogP contribution in [0.2, 0.25) is 0 Å². The molecule has 0 aliphatic carbocycles. The molecular weight excluding hydrogens is 553 g/mol. The van der Waals surface area contributed by atoms with Gasteiger partial charge in [-0.2, -0.15) is 4.52 Å². The number of fused-ring (bicyclic) bond motifs is 1. The number of hydrogen-bond acceptors (Lipinski definition) is 11. The second-order valence-electron chi connectivity index (χ2n) is 10.3. The van der Waals surface area contributed by atoms with E-state index >= 15 is 0 Å². The normalized spacial score (nSPS) is 17.8. The zero-order valence-electron chi connectivity index (χ0n) is 22.6. The Bertz CT molecular complexity index is 1530. The Morgan fingerprint density at radius 3 is 2.62 bits per heavy atom. The molecule has 1 amide bonds. The lowest BCUT2D eigenvalue weighted by atomic mass is 10.1. The average molecular weight is 586 g/mol. The topological polar surface area (TPSA) is 119 Å². The van der Waals surface area contributed by atoms with Crippen molar-refractivity contribution >= 4 is 54.6 Å². The van der Waals surface area contributed by atoms with Gasteiger partial charge in [0.1, 0.15) is 16.5 Å². The van der Waals surface area contributed by atoms with Gasteiger partial charge in [-0.15, -0.1) is 5.10 Å². The molecule has 0 saturated carbocycles. The summed E-state index contributed by atoms with van der Waals surface area (Å²) in [5, 5.41) is 16.6. The molecule has 2 saturated heterocycles. The van der Waals surface area contributed by atoms with Crippen molar-refractivity contribution in [2.75, 3.05) is 62.4 Å². The number of anilines is 4. The number of nitrogens with two attached hydrogens (primary N) is 1. The first-order valence-electron chi connectivity index (χ1n) is 13.3. The number of carbonyl (C=O) groups is 1. The highest BCUT2D eigenvalue weighted by molar-refractivity contribution is 7.20. The molecule has 6 rings (SSSR count). The van der Waals surface area contributed by atoms with Crippen molar-refractivity contribution in [1.82, 2.24) is 29.4 Å². The smallest absolute Gasteiger partial charge is 0.236 e. The van der Waals surface area contributed by atoms with Crippen molar-refractivity contribution < 1.29 is 14.3 Å².